The van der Waals surface area contributed by atoms with Crippen molar-refractivity contribution in [2.75, 3.05) is 5.32 Å². The lowest BCUT2D eigenvalue weighted by molar-refractivity contribution is 0.421. The molecule has 1 N–H and O–H groups in total. The Kier molecular flexibility index (Phi) is 2.14. The quantitative estimate of drug-likeness (QED) is 0.716. The second kappa shape index (κ2) is 3.52. The molecule has 0 aromatic heterocycles. The van der Waals surface area contributed by atoms with Gasteiger partial charge in [0.2, 0.25) is 0 Å². The van der Waals surface area contributed by atoms with E-state index >= 15 is 0 Å². The number of hydrogen-bond acceptors (Lipinski definition) is 2. The Labute approximate surface area is 96.3 Å². The first-order chi connectivity index (χ1) is 7.81. The zero-order valence-electron chi connectivity index (χ0n) is 9.59. The Morgan fingerprint density at radius 3 is 2.94 bits per heavy atom. The van der Waals surface area contributed by atoms with Crippen LogP contribution in [0.5, 0.6) is 0 Å². The molecule has 1 saturated carbocycles. The molecule has 0 saturated heterocycles. The van der Waals surface area contributed by atoms with Crippen LogP contribution < -0.4 is 5.32 Å². The lowest BCUT2D eigenvalue weighted by Gasteiger charge is -2.25. The molecule has 2 heteroatoms. The number of hydrogen-bond donors (Lipinski definition) is 1. The normalized spacial score (nSPS) is 26.5. The van der Waals surface area contributed by atoms with Crippen LogP contribution >= 0.6 is 0 Å². The number of fused-ring (bicyclic) bond motifs is 3. The van der Waals surface area contributed by atoms with Gasteiger partial charge in [-0.1, -0.05) is 18.9 Å². The molecule has 1 aromatic carbocycles. The molecule has 3 rings (SSSR count). The minimum Gasteiger partial charge on any atom is -0.380 e. The van der Waals surface area contributed by atoms with Gasteiger partial charge in [0.15, 0.2) is 0 Å². The summed E-state index contributed by atoms with van der Waals surface area (Å²) in [5.41, 5.74) is 4.70. The number of nitrogens with one attached hydrogen (secondary N) is 1. The molecule has 2 nitrogen and oxygen atoms in total. The average molecular weight is 212 g/mol. The Hall–Kier alpha value is -1.49. The van der Waals surface area contributed by atoms with Gasteiger partial charge in [-0.3, -0.25) is 0 Å². The van der Waals surface area contributed by atoms with E-state index in [1.165, 1.54) is 36.8 Å². The van der Waals surface area contributed by atoms with E-state index in [4.69, 9.17) is 5.26 Å². The fourth-order valence-electron chi connectivity index (χ4n) is 3.28. The van der Waals surface area contributed by atoms with Gasteiger partial charge in [-0.25, -0.2) is 0 Å². The molecule has 16 heavy (non-hydrogen) atoms. The molecule has 2 unspecified atom stereocenters. The van der Waals surface area contributed by atoms with E-state index in [1.807, 2.05) is 6.07 Å². The van der Waals surface area contributed by atoms with Crippen LogP contribution in [0, 0.1) is 18.3 Å². The van der Waals surface area contributed by atoms with Gasteiger partial charge in [0.05, 0.1) is 11.3 Å². The van der Waals surface area contributed by atoms with Crippen LogP contribution in [0.3, 0.4) is 0 Å². The van der Waals surface area contributed by atoms with Crippen LogP contribution in [-0.4, -0.2) is 6.04 Å². The highest BCUT2D eigenvalue weighted by atomic mass is 15.0. The van der Waals surface area contributed by atoms with Crippen LogP contribution in [0.1, 0.15) is 48.3 Å². The monoisotopic (exact) mass is 212 g/mol. The Balaban J connectivity index is 2.14. The maximum atomic E-state index is 9.14. The fraction of sp³-hybridized carbons (Fsp3) is 0.500. The molecule has 1 fully saturated rings. The topological polar surface area (TPSA) is 35.8 Å². The van der Waals surface area contributed by atoms with Crippen LogP contribution in [0.15, 0.2) is 12.1 Å². The summed E-state index contributed by atoms with van der Waals surface area (Å²) in [4.78, 5) is 0. The van der Waals surface area contributed by atoms with E-state index in [2.05, 4.69) is 24.4 Å². The summed E-state index contributed by atoms with van der Waals surface area (Å²) in [5.74, 6) is 0.650. The van der Waals surface area contributed by atoms with Crippen molar-refractivity contribution in [2.24, 2.45) is 0 Å². The first kappa shape index (κ1) is 9.72. The average Bonchev–Trinajstić information content (AvgIpc) is 2.69. The lowest BCUT2D eigenvalue weighted by Crippen LogP contribution is -2.24. The predicted octanol–water partition coefficient (Wildman–Crippen LogP) is 3.32. The molecule has 1 heterocycles. The smallest absolute Gasteiger partial charge is 0.101 e. The van der Waals surface area contributed by atoms with Crippen LogP contribution in [-0.2, 0) is 0 Å². The van der Waals surface area contributed by atoms with Crippen molar-refractivity contribution in [3.05, 3.63) is 28.8 Å². The Bertz CT molecular complexity index is 470. The number of benzene rings is 1. The highest BCUT2D eigenvalue weighted by Gasteiger charge is 2.36. The van der Waals surface area contributed by atoms with Gasteiger partial charge in [0.25, 0.3) is 0 Å². The molecule has 2 atom stereocenters. The lowest BCUT2D eigenvalue weighted by atomic mass is 9.81. The fourth-order valence-corrected chi connectivity index (χ4v) is 3.28. The maximum absolute atomic E-state index is 9.14. The largest absolute Gasteiger partial charge is 0.380 e. The second-order valence-corrected chi connectivity index (χ2v) is 4.97. The van der Waals surface area contributed by atoms with E-state index in [1.54, 1.807) is 0 Å². The van der Waals surface area contributed by atoms with Crippen molar-refractivity contribution >= 4 is 5.69 Å². The van der Waals surface area contributed by atoms with Gasteiger partial charge in [-0.05, 0) is 37.0 Å². The third-order valence-electron chi connectivity index (χ3n) is 4.05. The van der Waals surface area contributed by atoms with Crippen molar-refractivity contribution in [1.82, 2.24) is 0 Å². The molecule has 82 valence electrons. The van der Waals surface area contributed by atoms with Gasteiger partial charge in [-0.15, -0.1) is 0 Å². The SMILES string of the molecule is Cc1ccc(C#N)c2c1C1CCCCC1N2. The first-order valence-corrected chi connectivity index (χ1v) is 6.11. The second-order valence-electron chi connectivity index (χ2n) is 4.97. The van der Waals surface area contributed by atoms with E-state index in [0.717, 1.165) is 11.3 Å². The van der Waals surface area contributed by atoms with E-state index in [9.17, 15) is 0 Å². The summed E-state index contributed by atoms with van der Waals surface area (Å²) in [6, 6.07) is 6.92. The predicted molar refractivity (Wildman–Crippen MR) is 64.5 cm³/mol. The van der Waals surface area contributed by atoms with Crippen molar-refractivity contribution in [1.29, 1.82) is 5.26 Å². The molecule has 1 aliphatic heterocycles. The molecular formula is C14H16N2. The molecule has 0 spiro atoms. The van der Waals surface area contributed by atoms with E-state index < -0.39 is 0 Å². The summed E-state index contributed by atoms with van der Waals surface area (Å²) in [6.45, 7) is 2.17. The van der Waals surface area contributed by atoms with Crippen molar-refractivity contribution in [2.45, 2.75) is 44.6 Å². The minimum atomic E-state index is 0.581. The highest BCUT2D eigenvalue weighted by molar-refractivity contribution is 5.70. The number of rotatable bonds is 0. The zero-order valence-corrected chi connectivity index (χ0v) is 9.59. The number of nitriles is 1. The molecule has 0 radical (unpaired) electrons. The molecule has 1 aliphatic carbocycles. The Morgan fingerprint density at radius 1 is 1.31 bits per heavy atom. The van der Waals surface area contributed by atoms with Crippen molar-refractivity contribution < 1.29 is 0 Å². The summed E-state index contributed by atoms with van der Waals surface area (Å²) in [5, 5.41) is 12.7. The zero-order chi connectivity index (χ0) is 11.1. The van der Waals surface area contributed by atoms with Gasteiger partial charge in [0.1, 0.15) is 6.07 Å². The number of aryl methyl sites for hydroxylation is 1. The van der Waals surface area contributed by atoms with E-state index in [-0.39, 0.29) is 0 Å². The standard InChI is InChI=1S/C14H16N2/c1-9-6-7-10(8-15)14-13(9)11-4-2-3-5-12(11)16-14/h6-7,11-12,16H,2-5H2,1H3. The third kappa shape index (κ3) is 1.24. The minimum absolute atomic E-state index is 0.581. The van der Waals surface area contributed by atoms with Crippen molar-refractivity contribution in [3.63, 3.8) is 0 Å². The summed E-state index contributed by atoms with van der Waals surface area (Å²) in [7, 11) is 0. The van der Waals surface area contributed by atoms with Crippen LogP contribution in [0.4, 0.5) is 5.69 Å². The Morgan fingerprint density at radius 2 is 2.12 bits per heavy atom. The molecule has 2 aliphatic rings. The van der Waals surface area contributed by atoms with Gasteiger partial charge < -0.3 is 5.32 Å². The third-order valence-corrected chi connectivity index (χ3v) is 4.05. The van der Waals surface area contributed by atoms with Crippen LogP contribution in [0.25, 0.3) is 0 Å². The van der Waals surface area contributed by atoms with Gasteiger partial charge >= 0.3 is 0 Å². The summed E-state index contributed by atoms with van der Waals surface area (Å²) >= 11 is 0. The number of anilines is 1. The molecule has 1 aromatic rings. The number of nitrogens with zero attached hydrogens (tertiary/aromatic N) is 1. The van der Waals surface area contributed by atoms with Crippen molar-refractivity contribution in [3.8, 4) is 6.07 Å². The maximum Gasteiger partial charge on any atom is 0.101 e. The first-order valence-electron chi connectivity index (χ1n) is 6.11. The summed E-state index contributed by atoms with van der Waals surface area (Å²) in [6.07, 6.45) is 5.19. The molecule has 0 amide bonds. The summed E-state index contributed by atoms with van der Waals surface area (Å²) < 4.78 is 0. The van der Waals surface area contributed by atoms with E-state index in [0.29, 0.717) is 12.0 Å². The highest BCUT2D eigenvalue weighted by Crippen LogP contribution is 2.46. The van der Waals surface area contributed by atoms with Gasteiger partial charge in [-0.2, -0.15) is 5.26 Å². The molecular weight excluding hydrogens is 196 g/mol. The van der Waals surface area contributed by atoms with Gasteiger partial charge in [0, 0.05) is 12.0 Å². The molecule has 0 bridgehead atoms. The van der Waals surface area contributed by atoms with Crippen LogP contribution in [0.2, 0.25) is 0 Å².